The Bertz CT molecular complexity index is 163. The highest BCUT2D eigenvalue weighted by Crippen LogP contribution is 2.14. The first kappa shape index (κ1) is 12.0. The van der Waals surface area contributed by atoms with Crippen LogP contribution in [0.5, 0.6) is 0 Å². The monoisotopic (exact) mass is 200 g/mol. The molecule has 1 heterocycles. The molecule has 0 spiro atoms. The van der Waals surface area contributed by atoms with Crippen molar-refractivity contribution >= 4 is 0 Å². The van der Waals surface area contributed by atoms with E-state index in [-0.39, 0.29) is 0 Å². The number of nitrogens with two attached hydrogens (primary N) is 1. The first-order chi connectivity index (χ1) is 6.67. The van der Waals surface area contributed by atoms with Gasteiger partial charge in [-0.25, -0.2) is 0 Å². The summed E-state index contributed by atoms with van der Waals surface area (Å²) in [5.74, 6) is 0.622. The second-order valence-electron chi connectivity index (χ2n) is 4.46. The van der Waals surface area contributed by atoms with Crippen LogP contribution >= 0.6 is 0 Å². The van der Waals surface area contributed by atoms with E-state index in [1.165, 1.54) is 6.42 Å². The first-order valence-electron chi connectivity index (χ1n) is 5.68. The zero-order valence-corrected chi connectivity index (χ0v) is 9.70. The Balaban J connectivity index is 2.24. The molecule has 0 aliphatic carbocycles. The summed E-state index contributed by atoms with van der Waals surface area (Å²) in [6, 6.07) is 0.315. The van der Waals surface area contributed by atoms with Crippen molar-refractivity contribution in [2.45, 2.75) is 38.8 Å². The summed E-state index contributed by atoms with van der Waals surface area (Å²) < 4.78 is 5.33. The Labute approximate surface area is 87.6 Å². The van der Waals surface area contributed by atoms with Crippen molar-refractivity contribution in [2.24, 2.45) is 11.7 Å². The number of ether oxygens (including phenoxy) is 1. The first-order valence-corrected chi connectivity index (χ1v) is 5.68. The van der Waals surface area contributed by atoms with Gasteiger partial charge in [-0.1, -0.05) is 20.3 Å². The van der Waals surface area contributed by atoms with Gasteiger partial charge in [-0.05, 0) is 12.3 Å². The lowest BCUT2D eigenvalue weighted by atomic mass is 10.00. The Morgan fingerprint density at radius 2 is 2.29 bits per heavy atom. The number of hydrogen-bond acceptors (Lipinski definition) is 3. The van der Waals surface area contributed by atoms with Crippen LogP contribution in [0.25, 0.3) is 0 Å². The van der Waals surface area contributed by atoms with E-state index in [0.717, 1.165) is 26.1 Å². The van der Waals surface area contributed by atoms with E-state index in [2.05, 4.69) is 18.7 Å². The minimum Gasteiger partial charge on any atom is -0.380 e. The molecule has 3 heteroatoms. The molecule has 0 aromatic carbocycles. The average Bonchev–Trinajstić information content (AvgIpc) is 2.64. The third-order valence-corrected chi connectivity index (χ3v) is 3.41. The Morgan fingerprint density at radius 3 is 2.79 bits per heavy atom. The minimum atomic E-state index is 0.315. The molecule has 3 atom stereocenters. The van der Waals surface area contributed by atoms with Crippen LogP contribution < -0.4 is 5.73 Å². The quantitative estimate of drug-likeness (QED) is 0.722. The molecule has 0 amide bonds. The Morgan fingerprint density at radius 1 is 1.57 bits per heavy atom. The number of hydrogen-bond donors (Lipinski definition) is 1. The topological polar surface area (TPSA) is 38.5 Å². The van der Waals surface area contributed by atoms with Crippen LogP contribution in [0.2, 0.25) is 0 Å². The second-order valence-corrected chi connectivity index (χ2v) is 4.46. The van der Waals surface area contributed by atoms with E-state index >= 15 is 0 Å². The summed E-state index contributed by atoms with van der Waals surface area (Å²) in [6.45, 7) is 7.65. The van der Waals surface area contributed by atoms with Crippen LogP contribution in [-0.4, -0.2) is 43.8 Å². The van der Waals surface area contributed by atoms with E-state index in [0.29, 0.717) is 18.1 Å². The Kier molecular flexibility index (Phi) is 4.85. The van der Waals surface area contributed by atoms with Gasteiger partial charge in [-0.2, -0.15) is 0 Å². The van der Waals surface area contributed by atoms with Crippen molar-refractivity contribution < 1.29 is 4.74 Å². The van der Waals surface area contributed by atoms with Crippen LogP contribution in [0.15, 0.2) is 0 Å². The lowest BCUT2D eigenvalue weighted by Crippen LogP contribution is -2.40. The van der Waals surface area contributed by atoms with Gasteiger partial charge in [0.25, 0.3) is 0 Å². The normalized spacial score (nSPS) is 27.9. The van der Waals surface area contributed by atoms with Crippen molar-refractivity contribution in [1.29, 1.82) is 0 Å². The van der Waals surface area contributed by atoms with E-state index < -0.39 is 0 Å². The molecule has 84 valence electrons. The van der Waals surface area contributed by atoms with Gasteiger partial charge in [-0.3, -0.25) is 4.90 Å². The fraction of sp³-hybridized carbons (Fsp3) is 1.00. The minimum absolute atomic E-state index is 0.315. The van der Waals surface area contributed by atoms with Crippen molar-refractivity contribution in [2.75, 3.05) is 26.7 Å². The highest BCUT2D eigenvalue weighted by molar-refractivity contribution is 4.80. The van der Waals surface area contributed by atoms with E-state index in [4.69, 9.17) is 10.5 Å². The molecule has 1 aliphatic rings. The van der Waals surface area contributed by atoms with Crippen LogP contribution in [0.3, 0.4) is 0 Å². The van der Waals surface area contributed by atoms with Crippen LogP contribution in [0, 0.1) is 5.92 Å². The molecule has 0 radical (unpaired) electrons. The molecule has 0 aromatic heterocycles. The lowest BCUT2D eigenvalue weighted by Gasteiger charge is -2.24. The SMILES string of the molecule is CCC(C)C(N)CN1CCC(OC)C1. The number of rotatable bonds is 5. The van der Waals surface area contributed by atoms with Gasteiger partial charge in [-0.15, -0.1) is 0 Å². The van der Waals surface area contributed by atoms with E-state index in [9.17, 15) is 0 Å². The van der Waals surface area contributed by atoms with Gasteiger partial charge in [0.1, 0.15) is 0 Å². The fourth-order valence-corrected chi connectivity index (χ4v) is 1.94. The third-order valence-electron chi connectivity index (χ3n) is 3.41. The maximum absolute atomic E-state index is 6.11. The van der Waals surface area contributed by atoms with Crippen molar-refractivity contribution in [3.63, 3.8) is 0 Å². The third kappa shape index (κ3) is 3.23. The van der Waals surface area contributed by atoms with Crippen LogP contribution in [0.1, 0.15) is 26.7 Å². The molecule has 1 aliphatic heterocycles. The smallest absolute Gasteiger partial charge is 0.0710 e. The van der Waals surface area contributed by atoms with Gasteiger partial charge in [0.15, 0.2) is 0 Å². The standard InChI is InChI=1S/C11H24N2O/c1-4-9(2)11(12)8-13-6-5-10(7-13)14-3/h9-11H,4-8,12H2,1-3H3. The van der Waals surface area contributed by atoms with Gasteiger partial charge in [0.05, 0.1) is 6.10 Å². The predicted molar refractivity (Wildman–Crippen MR) is 59.3 cm³/mol. The Hall–Kier alpha value is -0.120. The van der Waals surface area contributed by atoms with Crippen molar-refractivity contribution in [1.82, 2.24) is 4.90 Å². The largest absolute Gasteiger partial charge is 0.380 e. The molecule has 1 fully saturated rings. The summed E-state index contributed by atoms with van der Waals surface area (Å²) in [6.07, 6.45) is 2.76. The number of methoxy groups -OCH3 is 1. The summed E-state index contributed by atoms with van der Waals surface area (Å²) in [7, 11) is 1.79. The summed E-state index contributed by atoms with van der Waals surface area (Å²) in [5.41, 5.74) is 6.11. The summed E-state index contributed by atoms with van der Waals surface area (Å²) >= 11 is 0. The molecular weight excluding hydrogens is 176 g/mol. The van der Waals surface area contributed by atoms with E-state index in [1.54, 1.807) is 7.11 Å². The predicted octanol–water partition coefficient (Wildman–Crippen LogP) is 1.08. The molecule has 0 saturated carbocycles. The highest BCUT2D eigenvalue weighted by Gasteiger charge is 2.24. The van der Waals surface area contributed by atoms with E-state index in [1.807, 2.05) is 0 Å². The highest BCUT2D eigenvalue weighted by atomic mass is 16.5. The molecule has 3 unspecified atom stereocenters. The number of likely N-dealkylation sites (tertiary alicyclic amines) is 1. The molecule has 2 N–H and O–H groups in total. The molecule has 0 bridgehead atoms. The maximum Gasteiger partial charge on any atom is 0.0710 e. The fourth-order valence-electron chi connectivity index (χ4n) is 1.94. The zero-order valence-electron chi connectivity index (χ0n) is 9.70. The molecule has 14 heavy (non-hydrogen) atoms. The number of nitrogens with zero attached hydrogens (tertiary/aromatic N) is 1. The summed E-state index contributed by atoms with van der Waals surface area (Å²) in [4.78, 5) is 2.42. The van der Waals surface area contributed by atoms with Crippen molar-refractivity contribution in [3.05, 3.63) is 0 Å². The van der Waals surface area contributed by atoms with Crippen LogP contribution in [0.4, 0.5) is 0 Å². The zero-order chi connectivity index (χ0) is 10.6. The molecule has 0 aromatic rings. The van der Waals surface area contributed by atoms with Crippen LogP contribution in [-0.2, 0) is 4.74 Å². The molecule has 1 rings (SSSR count). The van der Waals surface area contributed by atoms with Gasteiger partial charge in [0, 0.05) is 32.8 Å². The molecule has 3 nitrogen and oxygen atoms in total. The maximum atomic E-state index is 6.11. The second kappa shape index (κ2) is 5.69. The van der Waals surface area contributed by atoms with Gasteiger partial charge in [0.2, 0.25) is 0 Å². The summed E-state index contributed by atoms with van der Waals surface area (Å²) in [5, 5.41) is 0. The lowest BCUT2D eigenvalue weighted by molar-refractivity contribution is 0.106. The van der Waals surface area contributed by atoms with Crippen molar-refractivity contribution in [3.8, 4) is 0 Å². The molecular formula is C11H24N2O. The van der Waals surface area contributed by atoms with Gasteiger partial charge < -0.3 is 10.5 Å². The molecule has 1 saturated heterocycles. The average molecular weight is 200 g/mol. The van der Waals surface area contributed by atoms with Gasteiger partial charge >= 0.3 is 0 Å².